The van der Waals surface area contributed by atoms with E-state index < -0.39 is 0 Å². The molecule has 0 radical (unpaired) electrons. The summed E-state index contributed by atoms with van der Waals surface area (Å²) in [5.41, 5.74) is 0.521. The molecule has 1 aliphatic rings. The highest BCUT2D eigenvalue weighted by molar-refractivity contribution is 7.09. The molecular formula is C13H16FN5S. The highest BCUT2D eigenvalue weighted by Crippen LogP contribution is 2.19. The number of pyridine rings is 1. The van der Waals surface area contributed by atoms with Crippen LogP contribution in [0, 0.1) is 12.7 Å². The minimum Gasteiger partial charge on any atom is -0.344 e. The molecule has 5 nitrogen and oxygen atoms in total. The van der Waals surface area contributed by atoms with E-state index in [1.807, 2.05) is 6.92 Å². The fraction of sp³-hybridized carbons (Fsp3) is 0.462. The Morgan fingerprint density at radius 2 is 2.10 bits per heavy atom. The van der Waals surface area contributed by atoms with Crippen molar-refractivity contribution in [2.45, 2.75) is 13.5 Å². The van der Waals surface area contributed by atoms with Gasteiger partial charge in [-0.1, -0.05) is 0 Å². The van der Waals surface area contributed by atoms with Gasteiger partial charge < -0.3 is 4.90 Å². The molecule has 106 valence electrons. The summed E-state index contributed by atoms with van der Waals surface area (Å²) in [4.78, 5) is 13.0. The van der Waals surface area contributed by atoms with Gasteiger partial charge in [-0.05, 0) is 19.1 Å². The number of aromatic nitrogens is 3. The first kappa shape index (κ1) is 13.4. The minimum absolute atomic E-state index is 0.227. The maximum Gasteiger partial charge on any atom is 0.205 e. The molecule has 0 bridgehead atoms. The highest BCUT2D eigenvalue weighted by atomic mass is 32.1. The average Bonchev–Trinajstić information content (AvgIpc) is 2.89. The summed E-state index contributed by atoms with van der Waals surface area (Å²) in [6.07, 6.45) is 1.64. The summed E-state index contributed by atoms with van der Waals surface area (Å²) in [5, 5.41) is 0.978. The molecule has 0 aromatic carbocycles. The summed E-state index contributed by atoms with van der Waals surface area (Å²) in [6, 6.07) is 3.08. The van der Waals surface area contributed by atoms with Gasteiger partial charge in [0.05, 0.1) is 5.69 Å². The summed E-state index contributed by atoms with van der Waals surface area (Å²) in [6.45, 7) is 6.02. The van der Waals surface area contributed by atoms with Crippen molar-refractivity contribution in [1.29, 1.82) is 0 Å². The molecule has 2 aromatic rings. The molecule has 1 fully saturated rings. The first-order chi connectivity index (χ1) is 9.72. The number of aryl methyl sites for hydroxylation is 1. The Morgan fingerprint density at radius 3 is 2.75 bits per heavy atom. The van der Waals surface area contributed by atoms with Crippen LogP contribution in [0.4, 0.5) is 9.52 Å². The lowest BCUT2D eigenvalue weighted by Crippen LogP contribution is -2.46. The molecule has 2 aromatic heterocycles. The third kappa shape index (κ3) is 2.94. The second kappa shape index (κ2) is 5.80. The number of rotatable bonds is 3. The van der Waals surface area contributed by atoms with Crippen molar-refractivity contribution in [3.05, 3.63) is 35.7 Å². The first-order valence-corrected chi connectivity index (χ1v) is 7.37. The van der Waals surface area contributed by atoms with E-state index in [-0.39, 0.29) is 5.82 Å². The smallest absolute Gasteiger partial charge is 0.205 e. The van der Waals surface area contributed by atoms with Crippen molar-refractivity contribution in [3.8, 4) is 0 Å². The van der Waals surface area contributed by atoms with E-state index in [0.29, 0.717) is 12.2 Å². The fourth-order valence-electron chi connectivity index (χ4n) is 2.26. The number of anilines is 1. The fourth-order valence-corrected chi connectivity index (χ4v) is 2.98. The molecular weight excluding hydrogens is 277 g/mol. The third-order valence-electron chi connectivity index (χ3n) is 3.37. The van der Waals surface area contributed by atoms with Crippen LogP contribution in [-0.4, -0.2) is 45.4 Å². The van der Waals surface area contributed by atoms with Gasteiger partial charge in [0, 0.05) is 50.5 Å². The molecule has 3 rings (SSSR count). The molecule has 3 heterocycles. The van der Waals surface area contributed by atoms with Gasteiger partial charge in [-0.2, -0.15) is 4.37 Å². The predicted molar refractivity (Wildman–Crippen MR) is 76.3 cm³/mol. The van der Waals surface area contributed by atoms with Crippen LogP contribution < -0.4 is 4.90 Å². The number of hydrogen-bond acceptors (Lipinski definition) is 6. The van der Waals surface area contributed by atoms with Gasteiger partial charge in [0.25, 0.3) is 0 Å². The molecule has 20 heavy (non-hydrogen) atoms. The Kier molecular flexibility index (Phi) is 3.88. The molecule has 0 aliphatic carbocycles. The van der Waals surface area contributed by atoms with Crippen LogP contribution >= 0.6 is 11.5 Å². The number of nitrogens with zero attached hydrogens (tertiary/aromatic N) is 5. The number of piperazine rings is 1. The van der Waals surface area contributed by atoms with Gasteiger partial charge in [0.15, 0.2) is 0 Å². The van der Waals surface area contributed by atoms with Crippen molar-refractivity contribution in [2.24, 2.45) is 0 Å². The van der Waals surface area contributed by atoms with Crippen LogP contribution in [0.5, 0.6) is 0 Å². The SMILES string of the molecule is Cc1nsc(N2CCN(Cc3ncccc3F)CC2)n1. The van der Waals surface area contributed by atoms with Crippen molar-refractivity contribution >= 4 is 16.7 Å². The zero-order valence-corrected chi connectivity index (χ0v) is 12.1. The topological polar surface area (TPSA) is 45.2 Å². The molecule has 0 amide bonds. The molecule has 0 saturated carbocycles. The minimum atomic E-state index is -0.227. The largest absolute Gasteiger partial charge is 0.344 e. The van der Waals surface area contributed by atoms with Gasteiger partial charge in [-0.3, -0.25) is 9.88 Å². The normalized spacial score (nSPS) is 16.6. The second-order valence-electron chi connectivity index (χ2n) is 4.82. The van der Waals surface area contributed by atoms with Crippen LogP contribution in [0.15, 0.2) is 18.3 Å². The van der Waals surface area contributed by atoms with Crippen LogP contribution in [0.25, 0.3) is 0 Å². The number of hydrogen-bond donors (Lipinski definition) is 0. The van der Waals surface area contributed by atoms with Crippen LogP contribution in [-0.2, 0) is 6.54 Å². The van der Waals surface area contributed by atoms with E-state index in [1.54, 1.807) is 12.3 Å². The van der Waals surface area contributed by atoms with Crippen molar-refractivity contribution in [2.75, 3.05) is 31.1 Å². The van der Waals surface area contributed by atoms with Crippen molar-refractivity contribution in [1.82, 2.24) is 19.2 Å². The lowest BCUT2D eigenvalue weighted by molar-refractivity contribution is 0.243. The van der Waals surface area contributed by atoms with E-state index in [9.17, 15) is 4.39 Å². The van der Waals surface area contributed by atoms with E-state index in [4.69, 9.17) is 0 Å². The Hall–Kier alpha value is -1.60. The monoisotopic (exact) mass is 293 g/mol. The van der Waals surface area contributed by atoms with E-state index >= 15 is 0 Å². The third-order valence-corrected chi connectivity index (χ3v) is 4.24. The molecule has 0 spiro atoms. The maximum absolute atomic E-state index is 13.6. The van der Waals surface area contributed by atoms with E-state index in [0.717, 1.165) is 37.1 Å². The average molecular weight is 293 g/mol. The lowest BCUT2D eigenvalue weighted by atomic mass is 10.2. The van der Waals surface area contributed by atoms with Crippen molar-refractivity contribution in [3.63, 3.8) is 0 Å². The molecule has 1 saturated heterocycles. The Bertz CT molecular complexity index is 580. The summed E-state index contributed by atoms with van der Waals surface area (Å²) in [5.74, 6) is 0.595. The number of halogens is 1. The van der Waals surface area contributed by atoms with Gasteiger partial charge in [-0.25, -0.2) is 9.37 Å². The standard InChI is InChI=1S/C13H16FN5S/c1-10-16-13(20-17-10)19-7-5-18(6-8-19)9-12-11(14)3-2-4-15-12/h2-4H,5-9H2,1H3. The maximum atomic E-state index is 13.6. The summed E-state index contributed by atoms with van der Waals surface area (Å²) >= 11 is 1.44. The van der Waals surface area contributed by atoms with Gasteiger partial charge in [0.2, 0.25) is 5.13 Å². The zero-order valence-electron chi connectivity index (χ0n) is 11.3. The van der Waals surface area contributed by atoms with Crippen LogP contribution in [0.3, 0.4) is 0 Å². The molecule has 0 unspecified atom stereocenters. The molecule has 0 N–H and O–H groups in total. The second-order valence-corrected chi connectivity index (χ2v) is 5.55. The lowest BCUT2D eigenvalue weighted by Gasteiger charge is -2.34. The molecule has 7 heteroatoms. The Balaban J connectivity index is 1.58. The van der Waals surface area contributed by atoms with E-state index in [1.165, 1.54) is 17.6 Å². The van der Waals surface area contributed by atoms with Gasteiger partial charge in [-0.15, -0.1) is 0 Å². The molecule has 0 atom stereocenters. The summed E-state index contributed by atoms with van der Waals surface area (Å²) in [7, 11) is 0. The van der Waals surface area contributed by atoms with Crippen LogP contribution in [0.1, 0.15) is 11.5 Å². The Morgan fingerprint density at radius 1 is 1.30 bits per heavy atom. The predicted octanol–water partition coefficient (Wildman–Crippen LogP) is 1.70. The molecule has 1 aliphatic heterocycles. The highest BCUT2D eigenvalue weighted by Gasteiger charge is 2.20. The van der Waals surface area contributed by atoms with Gasteiger partial charge in [0.1, 0.15) is 11.6 Å². The van der Waals surface area contributed by atoms with Gasteiger partial charge >= 0.3 is 0 Å². The van der Waals surface area contributed by atoms with Crippen molar-refractivity contribution < 1.29 is 4.39 Å². The quantitative estimate of drug-likeness (QED) is 0.862. The van der Waals surface area contributed by atoms with Crippen LogP contribution in [0.2, 0.25) is 0 Å². The Labute approximate surface area is 121 Å². The first-order valence-electron chi connectivity index (χ1n) is 6.59. The van der Waals surface area contributed by atoms with E-state index in [2.05, 4.69) is 24.1 Å². The summed E-state index contributed by atoms with van der Waals surface area (Å²) < 4.78 is 17.8. The zero-order chi connectivity index (χ0) is 13.9.